The number of nitro groups is 1. The zero-order chi connectivity index (χ0) is 21.4. The van der Waals surface area contributed by atoms with E-state index in [-0.39, 0.29) is 23.4 Å². The Morgan fingerprint density at radius 1 is 1.28 bits per heavy atom. The second-order valence-corrected chi connectivity index (χ2v) is 8.31. The van der Waals surface area contributed by atoms with E-state index in [4.69, 9.17) is 4.74 Å². The number of halogens is 1. The molecule has 7 nitrogen and oxygen atoms in total. The summed E-state index contributed by atoms with van der Waals surface area (Å²) in [5.74, 6) is 0.443. The first-order valence-corrected chi connectivity index (χ1v) is 9.96. The Hall–Kier alpha value is -2.74. The van der Waals surface area contributed by atoms with Crippen LogP contribution in [0.5, 0.6) is 5.75 Å². The van der Waals surface area contributed by atoms with Crippen LogP contribution >= 0.6 is 15.9 Å². The Morgan fingerprint density at radius 3 is 2.66 bits per heavy atom. The molecule has 0 saturated carbocycles. The fraction of sp³-hybridized carbons (Fsp3) is 0.333. The summed E-state index contributed by atoms with van der Waals surface area (Å²) in [6.07, 6.45) is 2.01. The third kappa shape index (κ3) is 6.98. The van der Waals surface area contributed by atoms with Gasteiger partial charge >= 0.3 is 0 Å². The summed E-state index contributed by atoms with van der Waals surface area (Å²) in [5, 5.41) is 14.7. The van der Waals surface area contributed by atoms with Gasteiger partial charge in [0.1, 0.15) is 5.75 Å². The van der Waals surface area contributed by atoms with Gasteiger partial charge in [-0.2, -0.15) is 5.10 Å². The topological polar surface area (TPSA) is 93.8 Å². The number of benzene rings is 2. The van der Waals surface area contributed by atoms with E-state index in [1.54, 1.807) is 18.2 Å². The van der Waals surface area contributed by atoms with Crippen molar-refractivity contribution < 1.29 is 14.5 Å². The predicted molar refractivity (Wildman–Crippen MR) is 116 cm³/mol. The van der Waals surface area contributed by atoms with E-state index in [9.17, 15) is 14.9 Å². The second kappa shape index (κ2) is 10.2. The van der Waals surface area contributed by atoms with Crippen LogP contribution in [-0.2, 0) is 10.2 Å². The SMILES string of the molecule is CC(C)(C)c1ccc(OCCCC(=O)N/N=C/c2ccccc2[N+](=O)[O-])c(Br)c1. The molecule has 0 radical (unpaired) electrons. The molecule has 8 heteroatoms. The van der Waals surface area contributed by atoms with Crippen LogP contribution in [0.2, 0.25) is 0 Å². The van der Waals surface area contributed by atoms with Crippen LogP contribution < -0.4 is 10.2 Å². The quantitative estimate of drug-likeness (QED) is 0.260. The molecule has 1 amide bonds. The van der Waals surface area contributed by atoms with Crippen molar-refractivity contribution in [3.8, 4) is 5.75 Å². The number of rotatable bonds is 8. The molecule has 29 heavy (non-hydrogen) atoms. The van der Waals surface area contributed by atoms with Gasteiger partial charge in [0.15, 0.2) is 0 Å². The summed E-state index contributed by atoms with van der Waals surface area (Å²) < 4.78 is 6.61. The first-order chi connectivity index (χ1) is 13.7. The van der Waals surface area contributed by atoms with Crippen molar-refractivity contribution in [2.45, 2.75) is 39.0 Å². The van der Waals surface area contributed by atoms with Gasteiger partial charge in [0.2, 0.25) is 5.91 Å². The molecule has 0 aliphatic rings. The highest BCUT2D eigenvalue weighted by Crippen LogP contribution is 2.31. The van der Waals surface area contributed by atoms with Gasteiger partial charge in [0, 0.05) is 12.5 Å². The number of para-hydroxylation sites is 1. The minimum Gasteiger partial charge on any atom is -0.492 e. The van der Waals surface area contributed by atoms with Gasteiger partial charge in [-0.3, -0.25) is 14.9 Å². The molecule has 154 valence electrons. The van der Waals surface area contributed by atoms with Gasteiger partial charge in [-0.25, -0.2) is 5.43 Å². The van der Waals surface area contributed by atoms with Crippen molar-refractivity contribution in [3.63, 3.8) is 0 Å². The third-order valence-electron chi connectivity index (χ3n) is 4.13. The number of hydrogen-bond donors (Lipinski definition) is 1. The van der Waals surface area contributed by atoms with Crippen LogP contribution in [0.1, 0.15) is 44.7 Å². The number of carbonyl (C=O) groups excluding carboxylic acids is 1. The molecular formula is C21H24BrN3O4. The molecule has 2 aromatic carbocycles. The fourth-order valence-corrected chi connectivity index (χ4v) is 2.99. The first-order valence-electron chi connectivity index (χ1n) is 9.16. The monoisotopic (exact) mass is 461 g/mol. The van der Waals surface area contributed by atoms with Gasteiger partial charge in [-0.1, -0.05) is 39.0 Å². The number of amides is 1. The van der Waals surface area contributed by atoms with E-state index in [0.717, 1.165) is 10.2 Å². The van der Waals surface area contributed by atoms with Crippen molar-refractivity contribution in [3.05, 3.63) is 68.2 Å². The zero-order valence-electron chi connectivity index (χ0n) is 16.6. The Kier molecular flexibility index (Phi) is 7.90. The number of nitrogens with zero attached hydrogens (tertiary/aromatic N) is 2. The summed E-state index contributed by atoms with van der Waals surface area (Å²) in [5.41, 5.74) is 3.89. The Balaban J connectivity index is 1.77. The van der Waals surface area contributed by atoms with Crippen molar-refractivity contribution in [2.75, 3.05) is 6.61 Å². The second-order valence-electron chi connectivity index (χ2n) is 7.46. The molecule has 0 aliphatic heterocycles. The molecular weight excluding hydrogens is 438 g/mol. The summed E-state index contributed by atoms with van der Waals surface area (Å²) in [4.78, 5) is 22.3. The smallest absolute Gasteiger partial charge is 0.278 e. The highest BCUT2D eigenvalue weighted by molar-refractivity contribution is 9.10. The first kappa shape index (κ1) is 22.5. The molecule has 0 aromatic heterocycles. The molecule has 1 N–H and O–H groups in total. The molecule has 0 fully saturated rings. The van der Waals surface area contributed by atoms with Crippen LogP contribution in [0.15, 0.2) is 52.0 Å². The Labute approximate surface area is 178 Å². The maximum Gasteiger partial charge on any atom is 0.278 e. The van der Waals surface area contributed by atoms with E-state index in [0.29, 0.717) is 18.6 Å². The molecule has 0 atom stereocenters. The van der Waals surface area contributed by atoms with E-state index in [1.807, 2.05) is 18.2 Å². The van der Waals surface area contributed by atoms with E-state index in [1.165, 1.54) is 17.8 Å². The van der Waals surface area contributed by atoms with Gasteiger partial charge in [0.25, 0.3) is 5.69 Å². The minimum absolute atomic E-state index is 0.0554. The van der Waals surface area contributed by atoms with Crippen molar-refractivity contribution in [2.24, 2.45) is 5.10 Å². The molecule has 0 spiro atoms. The third-order valence-corrected chi connectivity index (χ3v) is 4.75. The van der Waals surface area contributed by atoms with E-state index < -0.39 is 4.92 Å². The Bertz CT molecular complexity index is 907. The normalized spacial score (nSPS) is 11.4. The fourth-order valence-electron chi connectivity index (χ4n) is 2.49. The maximum absolute atomic E-state index is 11.9. The number of nitro benzene ring substituents is 1. The average Bonchev–Trinajstić information content (AvgIpc) is 2.65. The van der Waals surface area contributed by atoms with Gasteiger partial charge in [-0.05, 0) is 51.5 Å². The number of hydrogen-bond acceptors (Lipinski definition) is 5. The lowest BCUT2D eigenvalue weighted by Gasteiger charge is -2.20. The highest BCUT2D eigenvalue weighted by atomic mass is 79.9. The summed E-state index contributed by atoms with van der Waals surface area (Å²) in [7, 11) is 0. The standard InChI is InChI=1S/C21H24BrN3O4/c1-21(2,3)16-10-11-19(17(22)13-16)29-12-6-9-20(26)24-23-14-15-7-4-5-8-18(15)25(27)28/h4-5,7-8,10-11,13-14H,6,9,12H2,1-3H3,(H,24,26)/b23-14+. The lowest BCUT2D eigenvalue weighted by atomic mass is 9.87. The van der Waals surface area contributed by atoms with Crippen LogP contribution in [0.3, 0.4) is 0 Å². The van der Waals surface area contributed by atoms with E-state index in [2.05, 4.69) is 47.2 Å². The predicted octanol–water partition coefficient (Wildman–Crippen LogP) is 4.96. The molecule has 0 aliphatic carbocycles. The molecule has 2 rings (SSSR count). The molecule has 0 heterocycles. The number of nitrogens with one attached hydrogen (secondary N) is 1. The van der Waals surface area contributed by atoms with Crippen LogP contribution in [0.25, 0.3) is 0 Å². The van der Waals surface area contributed by atoms with E-state index >= 15 is 0 Å². The van der Waals surface area contributed by atoms with Crippen molar-refractivity contribution in [1.29, 1.82) is 0 Å². The minimum atomic E-state index is -0.493. The van der Waals surface area contributed by atoms with Gasteiger partial charge < -0.3 is 4.74 Å². The van der Waals surface area contributed by atoms with Crippen LogP contribution in [0, 0.1) is 10.1 Å². The van der Waals surface area contributed by atoms with Crippen LogP contribution in [-0.4, -0.2) is 23.7 Å². The van der Waals surface area contributed by atoms with Crippen molar-refractivity contribution in [1.82, 2.24) is 5.43 Å². The maximum atomic E-state index is 11.9. The van der Waals surface area contributed by atoms with Crippen LogP contribution in [0.4, 0.5) is 5.69 Å². The Morgan fingerprint density at radius 2 is 2.00 bits per heavy atom. The number of ether oxygens (including phenoxy) is 1. The molecule has 0 bridgehead atoms. The number of carbonyl (C=O) groups is 1. The molecule has 2 aromatic rings. The molecule has 0 unspecified atom stereocenters. The summed E-state index contributed by atoms with van der Waals surface area (Å²) in [6, 6.07) is 12.2. The highest BCUT2D eigenvalue weighted by Gasteiger charge is 2.15. The van der Waals surface area contributed by atoms with Crippen molar-refractivity contribution >= 4 is 33.7 Å². The lowest BCUT2D eigenvalue weighted by molar-refractivity contribution is -0.385. The zero-order valence-corrected chi connectivity index (χ0v) is 18.2. The largest absolute Gasteiger partial charge is 0.492 e. The lowest BCUT2D eigenvalue weighted by Crippen LogP contribution is -2.18. The van der Waals surface area contributed by atoms with Gasteiger partial charge in [0.05, 0.1) is 27.8 Å². The summed E-state index contributed by atoms with van der Waals surface area (Å²) >= 11 is 3.52. The van der Waals surface area contributed by atoms with Gasteiger partial charge in [-0.15, -0.1) is 0 Å². The summed E-state index contributed by atoms with van der Waals surface area (Å²) in [6.45, 7) is 6.82. The average molecular weight is 462 g/mol. The molecule has 0 saturated heterocycles. The number of hydrazone groups is 1.